The van der Waals surface area contributed by atoms with Gasteiger partial charge in [0.1, 0.15) is 0 Å². The first-order chi connectivity index (χ1) is 7.84. The molecule has 0 atom stereocenters. The Morgan fingerprint density at radius 3 is 2.62 bits per heavy atom. The number of aromatic amines is 1. The van der Waals surface area contributed by atoms with E-state index in [4.69, 9.17) is 0 Å². The predicted octanol–water partition coefficient (Wildman–Crippen LogP) is 3.54. The monoisotopic (exact) mass is 208 g/mol. The fourth-order valence-corrected chi connectivity index (χ4v) is 1.93. The molecule has 3 aromatic rings. The van der Waals surface area contributed by atoms with Crippen LogP contribution in [0.4, 0.5) is 0 Å². The maximum absolute atomic E-state index is 4.36. The Bertz CT molecular complexity index is 624. The van der Waals surface area contributed by atoms with Crippen LogP contribution in [-0.2, 0) is 0 Å². The molecule has 78 valence electrons. The lowest BCUT2D eigenvalue weighted by Gasteiger charge is -1.95. The van der Waals surface area contributed by atoms with Crippen molar-refractivity contribution in [3.8, 4) is 11.3 Å². The van der Waals surface area contributed by atoms with Gasteiger partial charge in [-0.2, -0.15) is 0 Å². The molecule has 0 spiro atoms. The van der Waals surface area contributed by atoms with Gasteiger partial charge >= 0.3 is 0 Å². The highest BCUT2D eigenvalue weighted by molar-refractivity contribution is 5.84. The fraction of sp³-hybridized carbons (Fsp3) is 0.0714. The van der Waals surface area contributed by atoms with E-state index in [-0.39, 0.29) is 0 Å². The summed E-state index contributed by atoms with van der Waals surface area (Å²) in [6.45, 7) is 2.09. The Morgan fingerprint density at radius 2 is 1.88 bits per heavy atom. The summed E-state index contributed by atoms with van der Waals surface area (Å²) < 4.78 is 0. The molecule has 0 amide bonds. The summed E-state index contributed by atoms with van der Waals surface area (Å²) in [5, 5.41) is 0. The van der Waals surface area contributed by atoms with Gasteiger partial charge in [0.2, 0.25) is 0 Å². The van der Waals surface area contributed by atoms with Crippen LogP contribution in [0.25, 0.3) is 22.3 Å². The topological polar surface area (TPSA) is 28.7 Å². The van der Waals surface area contributed by atoms with Crippen molar-refractivity contribution in [2.24, 2.45) is 0 Å². The summed E-state index contributed by atoms with van der Waals surface area (Å²) in [6.07, 6.45) is 1.85. The van der Waals surface area contributed by atoms with E-state index < -0.39 is 0 Å². The Balaban J connectivity index is 2.23. The molecule has 0 saturated heterocycles. The van der Waals surface area contributed by atoms with Crippen LogP contribution >= 0.6 is 0 Å². The molecule has 3 rings (SSSR count). The number of pyridine rings is 1. The smallest absolute Gasteiger partial charge is 0.0888 e. The molecule has 16 heavy (non-hydrogen) atoms. The van der Waals surface area contributed by atoms with E-state index in [1.807, 2.05) is 30.5 Å². The Kier molecular flexibility index (Phi) is 2.00. The van der Waals surface area contributed by atoms with E-state index in [9.17, 15) is 0 Å². The predicted molar refractivity (Wildman–Crippen MR) is 66.3 cm³/mol. The van der Waals surface area contributed by atoms with Crippen molar-refractivity contribution in [3.63, 3.8) is 0 Å². The average Bonchev–Trinajstić information content (AvgIpc) is 2.76. The minimum atomic E-state index is 1.03. The standard InChI is InChI=1S/C14H12N2/c1-10-7-8-15-13-9-12(16-14(10)13)11-5-3-2-4-6-11/h2-9,16H,1H3. The van der Waals surface area contributed by atoms with E-state index in [0.717, 1.165) is 16.7 Å². The molecule has 1 aromatic carbocycles. The summed E-state index contributed by atoms with van der Waals surface area (Å²) in [5.74, 6) is 0. The maximum atomic E-state index is 4.36. The van der Waals surface area contributed by atoms with Gasteiger partial charge in [-0.1, -0.05) is 30.3 Å². The minimum Gasteiger partial charge on any atom is -0.353 e. The first kappa shape index (κ1) is 9.16. The van der Waals surface area contributed by atoms with E-state index in [2.05, 4.69) is 35.1 Å². The highest BCUT2D eigenvalue weighted by Crippen LogP contribution is 2.24. The number of nitrogens with zero attached hydrogens (tertiary/aromatic N) is 1. The lowest BCUT2D eigenvalue weighted by molar-refractivity contribution is 1.35. The van der Waals surface area contributed by atoms with Crippen LogP contribution < -0.4 is 0 Å². The quantitative estimate of drug-likeness (QED) is 0.651. The van der Waals surface area contributed by atoms with Crippen molar-refractivity contribution in [2.45, 2.75) is 6.92 Å². The second-order valence-electron chi connectivity index (χ2n) is 3.94. The summed E-state index contributed by atoms with van der Waals surface area (Å²) >= 11 is 0. The van der Waals surface area contributed by atoms with E-state index in [1.165, 1.54) is 11.1 Å². The zero-order valence-corrected chi connectivity index (χ0v) is 9.07. The first-order valence-electron chi connectivity index (χ1n) is 5.34. The number of hydrogen-bond donors (Lipinski definition) is 1. The van der Waals surface area contributed by atoms with Crippen LogP contribution in [0.5, 0.6) is 0 Å². The van der Waals surface area contributed by atoms with Crippen LogP contribution in [0.1, 0.15) is 5.56 Å². The normalized spacial score (nSPS) is 10.8. The molecule has 2 nitrogen and oxygen atoms in total. The minimum absolute atomic E-state index is 1.03. The molecule has 0 aliphatic carbocycles. The van der Waals surface area contributed by atoms with Crippen molar-refractivity contribution in [3.05, 3.63) is 54.2 Å². The Hall–Kier alpha value is -2.09. The molecule has 0 saturated carbocycles. The summed E-state index contributed by atoms with van der Waals surface area (Å²) in [5.41, 5.74) is 5.70. The van der Waals surface area contributed by atoms with Gasteiger partial charge < -0.3 is 4.98 Å². The van der Waals surface area contributed by atoms with Crippen molar-refractivity contribution >= 4 is 11.0 Å². The molecule has 2 aromatic heterocycles. The van der Waals surface area contributed by atoms with Gasteiger partial charge in [0.05, 0.1) is 11.0 Å². The van der Waals surface area contributed by atoms with Gasteiger partial charge in [0.15, 0.2) is 0 Å². The number of benzene rings is 1. The van der Waals surface area contributed by atoms with E-state index in [0.29, 0.717) is 0 Å². The number of H-pyrrole nitrogens is 1. The molecular weight excluding hydrogens is 196 g/mol. The van der Waals surface area contributed by atoms with Gasteiger partial charge in [-0.25, -0.2) is 0 Å². The molecule has 0 aliphatic rings. The second-order valence-corrected chi connectivity index (χ2v) is 3.94. The van der Waals surface area contributed by atoms with Gasteiger partial charge in [0, 0.05) is 11.9 Å². The molecule has 0 unspecified atom stereocenters. The number of fused-ring (bicyclic) bond motifs is 1. The van der Waals surface area contributed by atoms with Crippen LogP contribution in [0, 0.1) is 6.92 Å². The number of aromatic nitrogens is 2. The molecule has 1 N–H and O–H groups in total. The number of rotatable bonds is 1. The number of aryl methyl sites for hydroxylation is 1. The Labute approximate surface area is 94.0 Å². The zero-order valence-electron chi connectivity index (χ0n) is 9.07. The van der Waals surface area contributed by atoms with E-state index >= 15 is 0 Å². The van der Waals surface area contributed by atoms with Gasteiger partial charge in [-0.15, -0.1) is 0 Å². The van der Waals surface area contributed by atoms with Crippen molar-refractivity contribution in [2.75, 3.05) is 0 Å². The second kappa shape index (κ2) is 3.49. The number of nitrogens with one attached hydrogen (secondary N) is 1. The molecule has 0 aliphatic heterocycles. The van der Waals surface area contributed by atoms with Gasteiger partial charge in [-0.05, 0) is 30.2 Å². The maximum Gasteiger partial charge on any atom is 0.0888 e. The lowest BCUT2D eigenvalue weighted by Crippen LogP contribution is -1.78. The first-order valence-corrected chi connectivity index (χ1v) is 5.34. The molecule has 0 fully saturated rings. The lowest BCUT2D eigenvalue weighted by atomic mass is 10.2. The highest BCUT2D eigenvalue weighted by atomic mass is 14.8. The van der Waals surface area contributed by atoms with E-state index in [1.54, 1.807) is 0 Å². The third kappa shape index (κ3) is 1.39. The third-order valence-corrected chi connectivity index (χ3v) is 2.81. The Morgan fingerprint density at radius 1 is 1.06 bits per heavy atom. The van der Waals surface area contributed by atoms with Crippen LogP contribution in [0.2, 0.25) is 0 Å². The van der Waals surface area contributed by atoms with Crippen molar-refractivity contribution in [1.82, 2.24) is 9.97 Å². The van der Waals surface area contributed by atoms with Crippen LogP contribution in [0.15, 0.2) is 48.7 Å². The molecule has 2 heteroatoms. The SMILES string of the molecule is Cc1ccnc2cc(-c3ccccc3)[nH]c12. The van der Waals surface area contributed by atoms with Crippen LogP contribution in [-0.4, -0.2) is 9.97 Å². The largest absolute Gasteiger partial charge is 0.353 e. The van der Waals surface area contributed by atoms with Crippen LogP contribution in [0.3, 0.4) is 0 Å². The molecule has 0 bridgehead atoms. The molecular formula is C14H12N2. The summed E-state index contributed by atoms with van der Waals surface area (Å²) in [6, 6.07) is 14.4. The zero-order chi connectivity index (χ0) is 11.0. The molecule has 0 radical (unpaired) electrons. The highest BCUT2D eigenvalue weighted by Gasteiger charge is 2.04. The van der Waals surface area contributed by atoms with Crippen molar-refractivity contribution < 1.29 is 0 Å². The third-order valence-electron chi connectivity index (χ3n) is 2.81. The number of hydrogen-bond acceptors (Lipinski definition) is 1. The fourth-order valence-electron chi connectivity index (χ4n) is 1.93. The van der Waals surface area contributed by atoms with Crippen molar-refractivity contribution in [1.29, 1.82) is 0 Å². The summed E-state index contributed by atoms with van der Waals surface area (Å²) in [4.78, 5) is 7.77. The average molecular weight is 208 g/mol. The van der Waals surface area contributed by atoms with Gasteiger partial charge in [-0.3, -0.25) is 4.98 Å². The molecule has 2 heterocycles. The van der Waals surface area contributed by atoms with Gasteiger partial charge in [0.25, 0.3) is 0 Å². The summed E-state index contributed by atoms with van der Waals surface area (Å²) in [7, 11) is 0.